The van der Waals surface area contributed by atoms with Crippen molar-refractivity contribution in [2.24, 2.45) is 5.92 Å². The topological polar surface area (TPSA) is 49.4 Å². The summed E-state index contributed by atoms with van der Waals surface area (Å²) >= 11 is 0. The van der Waals surface area contributed by atoms with Crippen LogP contribution in [0.3, 0.4) is 0 Å². The number of rotatable bonds is 6. The fourth-order valence-electron chi connectivity index (χ4n) is 2.83. The van der Waals surface area contributed by atoms with E-state index in [0.29, 0.717) is 11.7 Å². The molecule has 2 fully saturated rings. The molecule has 0 aromatic rings. The van der Waals surface area contributed by atoms with Crippen LogP contribution in [-0.2, 0) is 10.0 Å². The quantitative estimate of drug-likeness (QED) is 0.810. The highest BCUT2D eigenvalue weighted by Gasteiger charge is 2.34. The average molecular weight is 297 g/mol. The zero-order chi connectivity index (χ0) is 12.3. The van der Waals surface area contributed by atoms with Gasteiger partial charge < -0.3 is 5.32 Å². The smallest absolute Gasteiger partial charge is 0.214 e. The van der Waals surface area contributed by atoms with Crippen molar-refractivity contribution >= 4 is 22.4 Å². The predicted molar refractivity (Wildman–Crippen MR) is 76.6 cm³/mol. The van der Waals surface area contributed by atoms with Crippen molar-refractivity contribution in [2.75, 3.05) is 25.9 Å². The van der Waals surface area contributed by atoms with Crippen molar-refractivity contribution in [3.05, 3.63) is 0 Å². The van der Waals surface area contributed by atoms with Crippen LogP contribution in [0.1, 0.15) is 38.5 Å². The molecule has 6 heteroatoms. The molecule has 1 heterocycles. The lowest BCUT2D eigenvalue weighted by Crippen LogP contribution is -2.42. The Morgan fingerprint density at radius 3 is 2.50 bits per heavy atom. The Morgan fingerprint density at radius 1 is 1.22 bits per heavy atom. The van der Waals surface area contributed by atoms with Crippen LogP contribution in [0.5, 0.6) is 0 Å². The molecule has 1 atom stereocenters. The molecule has 1 aliphatic heterocycles. The van der Waals surface area contributed by atoms with Gasteiger partial charge in [0.15, 0.2) is 0 Å². The number of nitrogens with zero attached hydrogens (tertiary/aromatic N) is 1. The summed E-state index contributed by atoms with van der Waals surface area (Å²) in [6, 6.07) is 0.186. The van der Waals surface area contributed by atoms with Crippen molar-refractivity contribution in [3.8, 4) is 0 Å². The first-order valence-corrected chi connectivity index (χ1v) is 8.38. The summed E-state index contributed by atoms with van der Waals surface area (Å²) in [4.78, 5) is 0. The third-order valence-electron chi connectivity index (χ3n) is 4.13. The van der Waals surface area contributed by atoms with E-state index < -0.39 is 10.0 Å². The van der Waals surface area contributed by atoms with E-state index in [-0.39, 0.29) is 18.4 Å². The highest BCUT2D eigenvalue weighted by atomic mass is 35.5. The SMILES string of the molecule is CNCC1CCCN1S(=O)(=O)CCC1CCC1.Cl. The molecule has 4 nitrogen and oxygen atoms in total. The summed E-state index contributed by atoms with van der Waals surface area (Å²) in [5, 5.41) is 3.09. The van der Waals surface area contributed by atoms with Gasteiger partial charge in [-0.1, -0.05) is 19.3 Å². The van der Waals surface area contributed by atoms with E-state index in [1.165, 1.54) is 19.3 Å². The normalized spacial score (nSPS) is 25.7. The Hall–Kier alpha value is 0.160. The minimum Gasteiger partial charge on any atom is -0.318 e. The second-order valence-electron chi connectivity index (χ2n) is 5.37. The van der Waals surface area contributed by atoms with Gasteiger partial charge >= 0.3 is 0 Å². The standard InChI is InChI=1S/C12H24N2O2S.ClH/c1-13-10-12-6-3-8-14(12)17(15,16)9-7-11-4-2-5-11;/h11-13H,2-10H2,1H3;1H. The van der Waals surface area contributed by atoms with Crippen LogP contribution in [-0.4, -0.2) is 44.7 Å². The van der Waals surface area contributed by atoms with Gasteiger partial charge in [0.05, 0.1) is 5.75 Å². The van der Waals surface area contributed by atoms with Crippen LogP contribution in [0.15, 0.2) is 0 Å². The van der Waals surface area contributed by atoms with Gasteiger partial charge in [0.25, 0.3) is 0 Å². The number of hydrogen-bond acceptors (Lipinski definition) is 3. The Kier molecular flexibility index (Phi) is 6.38. The largest absolute Gasteiger partial charge is 0.318 e. The molecule has 1 unspecified atom stereocenters. The van der Waals surface area contributed by atoms with Crippen LogP contribution in [0, 0.1) is 5.92 Å². The van der Waals surface area contributed by atoms with Gasteiger partial charge in [-0.2, -0.15) is 4.31 Å². The molecule has 18 heavy (non-hydrogen) atoms. The molecule has 0 aromatic heterocycles. The van der Waals surface area contributed by atoms with Gasteiger partial charge in [0.2, 0.25) is 10.0 Å². The molecule has 0 aromatic carbocycles. The van der Waals surface area contributed by atoms with E-state index >= 15 is 0 Å². The van der Waals surface area contributed by atoms with Crippen LogP contribution < -0.4 is 5.32 Å². The number of likely N-dealkylation sites (N-methyl/N-ethyl adjacent to an activating group) is 1. The maximum Gasteiger partial charge on any atom is 0.214 e. The first-order valence-electron chi connectivity index (χ1n) is 6.77. The summed E-state index contributed by atoms with van der Waals surface area (Å²) in [5.74, 6) is 1.04. The second-order valence-corrected chi connectivity index (χ2v) is 7.41. The zero-order valence-corrected chi connectivity index (χ0v) is 12.7. The number of sulfonamides is 1. The van der Waals surface area contributed by atoms with Crippen molar-refractivity contribution in [1.82, 2.24) is 9.62 Å². The van der Waals surface area contributed by atoms with Crippen molar-refractivity contribution < 1.29 is 8.42 Å². The molecule has 0 bridgehead atoms. The van der Waals surface area contributed by atoms with Gasteiger partial charge in [-0.05, 0) is 32.2 Å². The van der Waals surface area contributed by atoms with E-state index in [9.17, 15) is 8.42 Å². The van der Waals surface area contributed by atoms with Gasteiger partial charge in [0, 0.05) is 19.1 Å². The summed E-state index contributed by atoms with van der Waals surface area (Å²) in [7, 11) is -1.12. The van der Waals surface area contributed by atoms with Gasteiger partial charge in [-0.25, -0.2) is 8.42 Å². The lowest BCUT2D eigenvalue weighted by molar-refractivity contribution is 0.303. The lowest BCUT2D eigenvalue weighted by Gasteiger charge is -2.28. The molecular formula is C12H25ClN2O2S. The summed E-state index contributed by atoms with van der Waals surface area (Å²) < 4.78 is 26.3. The Bertz CT molecular complexity index is 344. The third-order valence-corrected chi connectivity index (χ3v) is 6.08. The number of nitrogens with one attached hydrogen (secondary N) is 1. The van der Waals surface area contributed by atoms with Gasteiger partial charge in [0.1, 0.15) is 0 Å². The molecule has 0 amide bonds. The van der Waals surface area contributed by atoms with Crippen LogP contribution in [0.25, 0.3) is 0 Å². The van der Waals surface area contributed by atoms with Crippen LogP contribution in [0.4, 0.5) is 0 Å². The van der Waals surface area contributed by atoms with Crippen LogP contribution >= 0.6 is 12.4 Å². The fourth-order valence-corrected chi connectivity index (χ4v) is 4.74. The minimum atomic E-state index is -3.01. The maximum absolute atomic E-state index is 12.3. The molecule has 2 aliphatic rings. The van der Waals surface area contributed by atoms with Gasteiger partial charge in [-0.3, -0.25) is 0 Å². The second kappa shape index (κ2) is 7.08. The Balaban J connectivity index is 0.00000162. The first-order chi connectivity index (χ1) is 8.13. The molecular weight excluding hydrogens is 272 g/mol. The minimum absolute atomic E-state index is 0. The predicted octanol–water partition coefficient (Wildman–Crippen LogP) is 1.61. The monoisotopic (exact) mass is 296 g/mol. The molecule has 0 radical (unpaired) electrons. The third kappa shape index (κ3) is 3.83. The first kappa shape index (κ1) is 16.2. The summed E-state index contributed by atoms with van der Waals surface area (Å²) in [6.45, 7) is 1.50. The summed E-state index contributed by atoms with van der Waals surface area (Å²) in [5.41, 5.74) is 0. The van der Waals surface area contributed by atoms with E-state index in [0.717, 1.165) is 32.4 Å². The highest BCUT2D eigenvalue weighted by Crippen LogP contribution is 2.30. The van der Waals surface area contributed by atoms with Gasteiger partial charge in [-0.15, -0.1) is 12.4 Å². The molecule has 0 spiro atoms. The Labute approximate surface area is 117 Å². The molecule has 1 saturated carbocycles. The number of hydrogen-bond donors (Lipinski definition) is 1. The molecule has 1 aliphatic carbocycles. The fraction of sp³-hybridized carbons (Fsp3) is 1.00. The molecule has 108 valence electrons. The maximum atomic E-state index is 12.3. The van der Waals surface area contributed by atoms with Crippen molar-refractivity contribution in [1.29, 1.82) is 0 Å². The van der Waals surface area contributed by atoms with E-state index in [2.05, 4.69) is 5.32 Å². The highest BCUT2D eigenvalue weighted by molar-refractivity contribution is 7.89. The molecule has 1 saturated heterocycles. The summed E-state index contributed by atoms with van der Waals surface area (Å²) in [6.07, 6.45) is 6.63. The molecule has 1 N–H and O–H groups in total. The molecule has 2 rings (SSSR count). The van der Waals surface area contributed by atoms with Crippen molar-refractivity contribution in [3.63, 3.8) is 0 Å². The van der Waals surface area contributed by atoms with Crippen molar-refractivity contribution in [2.45, 2.75) is 44.6 Å². The van der Waals surface area contributed by atoms with E-state index in [4.69, 9.17) is 0 Å². The zero-order valence-electron chi connectivity index (χ0n) is 11.1. The van der Waals surface area contributed by atoms with E-state index in [1.807, 2.05) is 7.05 Å². The lowest BCUT2D eigenvalue weighted by atomic mass is 9.84. The number of halogens is 1. The van der Waals surface area contributed by atoms with E-state index in [1.54, 1.807) is 4.31 Å². The van der Waals surface area contributed by atoms with Crippen LogP contribution in [0.2, 0.25) is 0 Å². The average Bonchev–Trinajstić information content (AvgIpc) is 2.64. The Morgan fingerprint density at radius 2 is 1.94 bits per heavy atom.